The molecule has 9 heteroatoms. The fraction of sp³-hybridized carbons (Fsp3) is 0.375. The second kappa shape index (κ2) is 10.9. The lowest BCUT2D eigenvalue weighted by atomic mass is 10.1. The van der Waals surface area contributed by atoms with Crippen LogP contribution in [0.4, 0.5) is 8.78 Å². The fourth-order valence-corrected chi connectivity index (χ4v) is 4.70. The number of piperidine rings is 1. The van der Waals surface area contributed by atoms with Gasteiger partial charge in [-0.3, -0.25) is 14.3 Å². The maximum atomic E-state index is 13.5. The Balaban J connectivity index is 1.48. The SMILES string of the molecule is CC(Sc1nnc(CN2CCCCC2)n1-c1ccc(F)cc1)C(=O)NCc1ccc(F)cc1. The van der Waals surface area contributed by atoms with Gasteiger partial charge in [-0.1, -0.05) is 30.3 Å². The predicted molar refractivity (Wildman–Crippen MR) is 124 cm³/mol. The highest BCUT2D eigenvalue weighted by Crippen LogP contribution is 2.27. The summed E-state index contributed by atoms with van der Waals surface area (Å²) < 4.78 is 28.5. The number of aromatic nitrogens is 3. The van der Waals surface area contributed by atoms with E-state index in [0.717, 1.165) is 43.0 Å². The Morgan fingerprint density at radius 2 is 1.64 bits per heavy atom. The third-order valence-corrected chi connectivity index (χ3v) is 6.67. The number of rotatable bonds is 8. The first-order chi connectivity index (χ1) is 16.0. The number of hydrogen-bond acceptors (Lipinski definition) is 5. The van der Waals surface area contributed by atoms with E-state index in [4.69, 9.17) is 0 Å². The zero-order chi connectivity index (χ0) is 23.2. The molecule has 1 atom stereocenters. The van der Waals surface area contributed by atoms with Crippen LogP contribution in [0.1, 0.15) is 37.6 Å². The van der Waals surface area contributed by atoms with Crippen molar-refractivity contribution in [1.82, 2.24) is 25.0 Å². The molecular formula is C24H27F2N5OS. The normalized spacial score (nSPS) is 15.4. The molecule has 2 heterocycles. The molecule has 1 fully saturated rings. The number of nitrogens with one attached hydrogen (secondary N) is 1. The van der Waals surface area contributed by atoms with Gasteiger partial charge in [-0.25, -0.2) is 8.78 Å². The Labute approximate surface area is 196 Å². The van der Waals surface area contributed by atoms with Gasteiger partial charge in [0.1, 0.15) is 11.6 Å². The summed E-state index contributed by atoms with van der Waals surface area (Å²) in [4.78, 5) is 15.0. The van der Waals surface area contributed by atoms with Crippen LogP contribution in [0.3, 0.4) is 0 Å². The number of nitrogens with zero attached hydrogens (tertiary/aromatic N) is 4. The second-order valence-corrected chi connectivity index (χ2v) is 9.46. The number of benzene rings is 2. The van der Waals surface area contributed by atoms with Gasteiger partial charge in [-0.2, -0.15) is 0 Å². The molecule has 0 saturated carbocycles. The Kier molecular flexibility index (Phi) is 7.72. The van der Waals surface area contributed by atoms with Crippen molar-refractivity contribution in [2.45, 2.75) is 49.7 Å². The summed E-state index contributed by atoms with van der Waals surface area (Å²) in [7, 11) is 0. The number of carbonyl (C=O) groups excluding carboxylic acids is 1. The molecule has 4 rings (SSSR count). The minimum atomic E-state index is -0.434. The van der Waals surface area contributed by atoms with Crippen LogP contribution >= 0.6 is 11.8 Å². The van der Waals surface area contributed by atoms with Crippen LogP contribution < -0.4 is 5.32 Å². The molecule has 3 aromatic rings. The lowest BCUT2D eigenvalue weighted by Crippen LogP contribution is -2.31. The van der Waals surface area contributed by atoms with Crippen molar-refractivity contribution >= 4 is 17.7 Å². The molecule has 0 aliphatic carbocycles. The summed E-state index contributed by atoms with van der Waals surface area (Å²) in [5.74, 6) is -0.0119. The van der Waals surface area contributed by atoms with E-state index in [-0.39, 0.29) is 17.5 Å². The quantitative estimate of drug-likeness (QED) is 0.496. The average molecular weight is 472 g/mol. The standard InChI is InChI=1S/C24H27F2N5OS/c1-17(23(32)27-15-18-5-7-19(25)8-6-18)33-24-29-28-22(16-30-13-3-2-4-14-30)31(24)21-11-9-20(26)10-12-21/h5-12,17H,2-4,13-16H2,1H3,(H,27,32). The smallest absolute Gasteiger partial charge is 0.233 e. The summed E-state index contributed by atoms with van der Waals surface area (Å²) in [6.07, 6.45) is 3.57. The third-order valence-electron chi connectivity index (χ3n) is 5.63. The van der Waals surface area contributed by atoms with Gasteiger partial charge < -0.3 is 5.32 Å². The van der Waals surface area contributed by atoms with E-state index >= 15 is 0 Å². The van der Waals surface area contributed by atoms with Crippen LogP contribution in [-0.2, 0) is 17.9 Å². The maximum absolute atomic E-state index is 13.5. The second-order valence-electron chi connectivity index (χ2n) is 8.15. The third kappa shape index (κ3) is 6.17. The Morgan fingerprint density at radius 3 is 2.30 bits per heavy atom. The average Bonchev–Trinajstić information content (AvgIpc) is 3.21. The van der Waals surface area contributed by atoms with Gasteiger partial charge in [-0.05, 0) is 74.8 Å². The van der Waals surface area contributed by atoms with Crippen molar-refractivity contribution in [2.24, 2.45) is 0 Å². The lowest BCUT2D eigenvalue weighted by molar-refractivity contribution is -0.120. The van der Waals surface area contributed by atoms with Gasteiger partial charge in [0.25, 0.3) is 0 Å². The Morgan fingerprint density at radius 1 is 1.00 bits per heavy atom. The molecule has 1 aliphatic heterocycles. The molecule has 1 aromatic heterocycles. The molecule has 1 amide bonds. The van der Waals surface area contributed by atoms with E-state index in [0.29, 0.717) is 18.2 Å². The van der Waals surface area contributed by atoms with E-state index < -0.39 is 5.25 Å². The molecule has 2 aromatic carbocycles. The van der Waals surface area contributed by atoms with Crippen molar-refractivity contribution in [3.63, 3.8) is 0 Å². The van der Waals surface area contributed by atoms with Crippen molar-refractivity contribution < 1.29 is 13.6 Å². The van der Waals surface area contributed by atoms with Gasteiger partial charge >= 0.3 is 0 Å². The first-order valence-electron chi connectivity index (χ1n) is 11.1. The molecule has 33 heavy (non-hydrogen) atoms. The number of likely N-dealkylation sites (tertiary alicyclic amines) is 1. The largest absolute Gasteiger partial charge is 0.351 e. The highest BCUT2D eigenvalue weighted by Gasteiger charge is 2.23. The molecule has 0 spiro atoms. The number of thioether (sulfide) groups is 1. The minimum Gasteiger partial charge on any atom is -0.351 e. The maximum Gasteiger partial charge on any atom is 0.233 e. The summed E-state index contributed by atoms with van der Waals surface area (Å²) in [6, 6.07) is 12.2. The molecule has 1 unspecified atom stereocenters. The first-order valence-corrected chi connectivity index (χ1v) is 12.0. The number of carbonyl (C=O) groups is 1. The number of halogens is 2. The molecule has 1 N–H and O–H groups in total. The van der Waals surface area contributed by atoms with Gasteiger partial charge in [0.05, 0.1) is 11.8 Å². The number of amides is 1. The van der Waals surface area contributed by atoms with E-state index in [2.05, 4.69) is 20.4 Å². The fourth-order valence-electron chi connectivity index (χ4n) is 3.79. The Bertz CT molecular complexity index is 1070. The van der Waals surface area contributed by atoms with Crippen LogP contribution in [0, 0.1) is 11.6 Å². The van der Waals surface area contributed by atoms with Crippen LogP contribution in [0.2, 0.25) is 0 Å². The summed E-state index contributed by atoms with van der Waals surface area (Å²) in [5.41, 5.74) is 1.58. The van der Waals surface area contributed by atoms with Crippen molar-refractivity contribution in [3.05, 3.63) is 71.6 Å². The molecule has 0 radical (unpaired) electrons. The first kappa shape index (κ1) is 23.4. The number of hydrogen-bond donors (Lipinski definition) is 1. The van der Waals surface area contributed by atoms with Gasteiger partial charge in [0.15, 0.2) is 11.0 Å². The molecule has 174 valence electrons. The van der Waals surface area contributed by atoms with Crippen molar-refractivity contribution in [1.29, 1.82) is 0 Å². The topological polar surface area (TPSA) is 63.1 Å². The monoisotopic (exact) mass is 471 g/mol. The zero-order valence-corrected chi connectivity index (χ0v) is 19.3. The molecule has 1 aliphatic rings. The highest BCUT2D eigenvalue weighted by molar-refractivity contribution is 8.00. The van der Waals surface area contributed by atoms with Crippen LogP contribution in [0.5, 0.6) is 0 Å². The minimum absolute atomic E-state index is 0.157. The molecule has 1 saturated heterocycles. The van der Waals surface area contributed by atoms with Gasteiger partial charge in [-0.15, -0.1) is 10.2 Å². The summed E-state index contributed by atoms with van der Waals surface area (Å²) in [5, 5.41) is 11.8. The van der Waals surface area contributed by atoms with Gasteiger partial charge in [0, 0.05) is 12.2 Å². The molecule has 0 bridgehead atoms. The molecule has 6 nitrogen and oxygen atoms in total. The van der Waals surface area contributed by atoms with Crippen molar-refractivity contribution in [2.75, 3.05) is 13.1 Å². The lowest BCUT2D eigenvalue weighted by Gasteiger charge is -2.26. The van der Waals surface area contributed by atoms with E-state index in [1.807, 2.05) is 4.57 Å². The van der Waals surface area contributed by atoms with Crippen LogP contribution in [0.25, 0.3) is 5.69 Å². The highest BCUT2D eigenvalue weighted by atomic mass is 32.2. The van der Waals surface area contributed by atoms with Crippen LogP contribution in [-0.4, -0.2) is 43.9 Å². The van der Waals surface area contributed by atoms with Crippen LogP contribution in [0.15, 0.2) is 53.7 Å². The van der Waals surface area contributed by atoms with E-state index in [9.17, 15) is 13.6 Å². The molecular weight excluding hydrogens is 444 g/mol. The summed E-state index contributed by atoms with van der Waals surface area (Å²) >= 11 is 1.30. The van der Waals surface area contributed by atoms with Gasteiger partial charge in [0.2, 0.25) is 5.91 Å². The van der Waals surface area contributed by atoms with E-state index in [1.54, 1.807) is 31.2 Å². The Hall–Kier alpha value is -2.78. The van der Waals surface area contributed by atoms with E-state index in [1.165, 1.54) is 42.4 Å². The predicted octanol–water partition coefficient (Wildman–Crippen LogP) is 4.33. The van der Waals surface area contributed by atoms with Crippen molar-refractivity contribution in [3.8, 4) is 5.69 Å². The zero-order valence-electron chi connectivity index (χ0n) is 18.5. The summed E-state index contributed by atoms with van der Waals surface area (Å²) in [6.45, 7) is 4.80.